The van der Waals surface area contributed by atoms with Gasteiger partial charge in [0.25, 0.3) is 0 Å². The summed E-state index contributed by atoms with van der Waals surface area (Å²) < 4.78 is 4.80. The largest absolute Gasteiger partial charge is 0.328 e. The minimum Gasteiger partial charge on any atom is -0.328 e. The zero-order chi connectivity index (χ0) is 13.7. The summed E-state index contributed by atoms with van der Waals surface area (Å²) in [6.45, 7) is 6.30. The van der Waals surface area contributed by atoms with Crippen molar-refractivity contribution < 1.29 is 0 Å². The van der Waals surface area contributed by atoms with Gasteiger partial charge in [-0.05, 0) is 45.1 Å². The molecule has 0 radical (unpaired) electrons. The lowest BCUT2D eigenvalue weighted by Crippen LogP contribution is -2.08. The second-order valence-corrected chi connectivity index (χ2v) is 6.54. The molecule has 4 nitrogen and oxygen atoms in total. The summed E-state index contributed by atoms with van der Waals surface area (Å²) >= 11 is 7.29. The number of thiophene rings is 1. The molecule has 19 heavy (non-hydrogen) atoms. The highest BCUT2D eigenvalue weighted by Crippen LogP contribution is 2.29. The Bertz CT molecular complexity index is 802. The molecule has 1 unspecified atom stereocenters. The van der Waals surface area contributed by atoms with Gasteiger partial charge in [0.15, 0.2) is 10.4 Å². The fraction of sp³-hybridized carbons (Fsp3) is 0.385. The van der Waals surface area contributed by atoms with E-state index in [1.807, 2.05) is 30.0 Å². The van der Waals surface area contributed by atoms with Gasteiger partial charge in [0.1, 0.15) is 5.52 Å². The minimum atomic E-state index is 0.217. The van der Waals surface area contributed by atoms with Gasteiger partial charge in [-0.1, -0.05) is 0 Å². The van der Waals surface area contributed by atoms with E-state index < -0.39 is 0 Å². The van der Waals surface area contributed by atoms with Crippen molar-refractivity contribution in [3.8, 4) is 0 Å². The average Bonchev–Trinajstić information content (AvgIpc) is 2.97. The number of H-pyrrole nitrogens is 1. The highest BCUT2D eigenvalue weighted by atomic mass is 32.1. The molecule has 0 fully saturated rings. The number of imidazole rings is 1. The van der Waals surface area contributed by atoms with Crippen molar-refractivity contribution >= 4 is 34.7 Å². The van der Waals surface area contributed by atoms with Crippen LogP contribution in [0.4, 0.5) is 0 Å². The van der Waals surface area contributed by atoms with Crippen LogP contribution in [0.5, 0.6) is 0 Å². The standard InChI is InChI=1S/C13H16N4S2/c1-7-5-6-10(19-7)9(3)17-12-11(14-13(17)18)8(2)15-16(12)4/h5-6,9H,1-4H3,(H,14,18). The van der Waals surface area contributed by atoms with Crippen LogP contribution in [0.2, 0.25) is 0 Å². The molecule has 3 heterocycles. The summed E-state index contributed by atoms with van der Waals surface area (Å²) in [6, 6.07) is 4.54. The van der Waals surface area contributed by atoms with E-state index in [2.05, 4.69) is 40.6 Å². The van der Waals surface area contributed by atoms with Gasteiger partial charge >= 0.3 is 0 Å². The second-order valence-electron chi connectivity index (χ2n) is 4.83. The molecule has 3 aromatic rings. The minimum absolute atomic E-state index is 0.217. The topological polar surface area (TPSA) is 38.5 Å². The molecule has 1 N–H and O–H groups in total. The molecular formula is C13H16N4S2. The van der Waals surface area contributed by atoms with E-state index in [-0.39, 0.29) is 6.04 Å². The van der Waals surface area contributed by atoms with Crippen LogP contribution >= 0.6 is 23.6 Å². The maximum atomic E-state index is 5.48. The Kier molecular flexibility index (Phi) is 2.87. The number of aromatic amines is 1. The summed E-state index contributed by atoms with van der Waals surface area (Å²) in [5, 5.41) is 4.45. The second kappa shape index (κ2) is 4.31. The number of nitrogens with zero attached hydrogens (tertiary/aromatic N) is 3. The quantitative estimate of drug-likeness (QED) is 0.731. The molecule has 0 aliphatic heterocycles. The Morgan fingerprint density at radius 2 is 2.11 bits per heavy atom. The Morgan fingerprint density at radius 3 is 2.74 bits per heavy atom. The molecule has 0 saturated heterocycles. The van der Waals surface area contributed by atoms with E-state index >= 15 is 0 Å². The summed E-state index contributed by atoms with van der Waals surface area (Å²) in [7, 11) is 1.96. The zero-order valence-corrected chi connectivity index (χ0v) is 13.0. The number of hydrogen-bond acceptors (Lipinski definition) is 3. The summed E-state index contributed by atoms with van der Waals surface area (Å²) in [4.78, 5) is 5.91. The Labute approximate surface area is 120 Å². The molecule has 0 bridgehead atoms. The van der Waals surface area contributed by atoms with Crippen molar-refractivity contribution in [2.45, 2.75) is 26.8 Å². The van der Waals surface area contributed by atoms with Crippen LogP contribution in [-0.4, -0.2) is 19.3 Å². The third kappa shape index (κ3) is 1.86. The molecule has 3 aromatic heterocycles. The predicted molar refractivity (Wildman–Crippen MR) is 81.5 cm³/mol. The first-order chi connectivity index (χ1) is 8.99. The molecule has 0 aliphatic rings. The number of fused-ring (bicyclic) bond motifs is 1. The van der Waals surface area contributed by atoms with Crippen LogP contribution in [0.1, 0.15) is 28.4 Å². The van der Waals surface area contributed by atoms with Crippen LogP contribution in [-0.2, 0) is 7.05 Å². The molecule has 3 rings (SSSR count). The maximum absolute atomic E-state index is 5.48. The lowest BCUT2D eigenvalue weighted by atomic mass is 10.2. The van der Waals surface area contributed by atoms with E-state index in [0.717, 1.165) is 21.6 Å². The molecule has 0 spiro atoms. The number of aryl methyl sites for hydroxylation is 3. The summed E-state index contributed by atoms with van der Waals surface area (Å²) in [5.41, 5.74) is 3.07. The van der Waals surface area contributed by atoms with Gasteiger partial charge in [0.05, 0.1) is 11.7 Å². The molecule has 6 heteroatoms. The molecule has 0 aromatic carbocycles. The van der Waals surface area contributed by atoms with Crippen molar-refractivity contribution in [3.05, 3.63) is 32.4 Å². The van der Waals surface area contributed by atoms with Gasteiger partial charge in [0, 0.05) is 16.8 Å². The smallest absolute Gasteiger partial charge is 0.179 e. The Balaban J connectivity index is 2.25. The lowest BCUT2D eigenvalue weighted by molar-refractivity contribution is 0.629. The van der Waals surface area contributed by atoms with E-state index in [1.165, 1.54) is 9.75 Å². The molecular weight excluding hydrogens is 276 g/mol. The van der Waals surface area contributed by atoms with Crippen molar-refractivity contribution in [1.82, 2.24) is 19.3 Å². The predicted octanol–water partition coefficient (Wildman–Crippen LogP) is 3.72. The normalized spacial score (nSPS) is 13.3. The highest BCUT2D eigenvalue weighted by Gasteiger charge is 2.18. The van der Waals surface area contributed by atoms with E-state index in [0.29, 0.717) is 0 Å². The van der Waals surface area contributed by atoms with Crippen molar-refractivity contribution in [2.75, 3.05) is 0 Å². The summed E-state index contributed by atoms with van der Waals surface area (Å²) in [6.07, 6.45) is 0. The lowest BCUT2D eigenvalue weighted by Gasteiger charge is -2.12. The van der Waals surface area contributed by atoms with Crippen LogP contribution in [0.15, 0.2) is 12.1 Å². The zero-order valence-electron chi connectivity index (χ0n) is 11.4. The van der Waals surface area contributed by atoms with Crippen molar-refractivity contribution in [1.29, 1.82) is 0 Å². The molecule has 0 saturated carbocycles. The SMILES string of the molecule is Cc1ccc(C(C)n2c(=S)[nH]c3c(C)nn(C)c32)s1. The third-order valence-corrected chi connectivity index (χ3v) is 4.90. The number of rotatable bonds is 2. The van der Waals surface area contributed by atoms with Gasteiger partial charge in [0.2, 0.25) is 0 Å². The number of nitrogens with one attached hydrogen (secondary N) is 1. The molecule has 0 amide bonds. The number of hydrogen-bond donors (Lipinski definition) is 1. The first-order valence-corrected chi connectivity index (χ1v) is 7.41. The molecule has 1 atom stereocenters. The number of aromatic nitrogens is 4. The third-order valence-electron chi connectivity index (χ3n) is 3.43. The van der Waals surface area contributed by atoms with Gasteiger partial charge in [-0.15, -0.1) is 11.3 Å². The monoisotopic (exact) mass is 292 g/mol. The fourth-order valence-electron chi connectivity index (χ4n) is 2.50. The van der Waals surface area contributed by atoms with Crippen LogP contribution in [0, 0.1) is 18.6 Å². The van der Waals surface area contributed by atoms with Gasteiger partial charge in [-0.2, -0.15) is 5.10 Å². The Morgan fingerprint density at radius 1 is 1.37 bits per heavy atom. The summed E-state index contributed by atoms with van der Waals surface area (Å²) in [5.74, 6) is 0. The average molecular weight is 292 g/mol. The molecule has 0 aliphatic carbocycles. The van der Waals surface area contributed by atoms with Crippen LogP contribution in [0.3, 0.4) is 0 Å². The maximum Gasteiger partial charge on any atom is 0.179 e. The highest BCUT2D eigenvalue weighted by molar-refractivity contribution is 7.71. The van der Waals surface area contributed by atoms with Crippen LogP contribution < -0.4 is 0 Å². The fourth-order valence-corrected chi connectivity index (χ4v) is 3.76. The van der Waals surface area contributed by atoms with Gasteiger partial charge in [-0.25, -0.2) is 0 Å². The van der Waals surface area contributed by atoms with Crippen molar-refractivity contribution in [2.24, 2.45) is 7.05 Å². The first-order valence-electron chi connectivity index (χ1n) is 6.19. The van der Waals surface area contributed by atoms with E-state index in [1.54, 1.807) is 0 Å². The Hall–Kier alpha value is -1.40. The molecule has 100 valence electrons. The van der Waals surface area contributed by atoms with Gasteiger partial charge in [-0.3, -0.25) is 9.25 Å². The van der Waals surface area contributed by atoms with E-state index in [9.17, 15) is 0 Å². The van der Waals surface area contributed by atoms with Crippen LogP contribution in [0.25, 0.3) is 11.2 Å². The van der Waals surface area contributed by atoms with E-state index in [4.69, 9.17) is 12.2 Å². The van der Waals surface area contributed by atoms with Gasteiger partial charge < -0.3 is 4.98 Å². The first kappa shape index (κ1) is 12.6. The van der Waals surface area contributed by atoms with Crippen molar-refractivity contribution in [3.63, 3.8) is 0 Å².